The van der Waals surface area contributed by atoms with Gasteiger partial charge in [-0.15, -0.1) is 0 Å². The Balaban J connectivity index is 0. The molecule has 0 spiro atoms. The predicted molar refractivity (Wildman–Crippen MR) is 108 cm³/mol. The molecule has 0 bridgehead atoms. The maximum Gasteiger partial charge on any atom is 0.330 e. The Hall–Kier alpha value is -3.16. The van der Waals surface area contributed by atoms with E-state index in [2.05, 4.69) is 26.3 Å². The predicted octanol–water partition coefficient (Wildman–Crippen LogP) is 2.84. The van der Waals surface area contributed by atoms with E-state index in [1.54, 1.807) is 6.92 Å². The molecule has 0 fully saturated rings. The van der Waals surface area contributed by atoms with E-state index in [-0.39, 0.29) is 12.7 Å². The van der Waals surface area contributed by atoms with Gasteiger partial charge in [0.15, 0.2) is 0 Å². The van der Waals surface area contributed by atoms with Crippen LogP contribution in [0.25, 0.3) is 0 Å². The van der Waals surface area contributed by atoms with Gasteiger partial charge in [-0.05, 0) is 26.2 Å². The number of rotatable bonds is 14. The van der Waals surface area contributed by atoms with Crippen molar-refractivity contribution < 1.29 is 38.1 Å². The molecule has 0 N–H and O–H groups in total. The third-order valence-corrected chi connectivity index (χ3v) is 3.03. The van der Waals surface area contributed by atoms with Gasteiger partial charge in [0.2, 0.25) is 0 Å². The molecule has 0 heterocycles. The number of hydrogen-bond acceptors (Lipinski definition) is 8. The largest absolute Gasteiger partial charge is 0.463 e. The normalized spacial score (nSPS) is 10.1. The van der Waals surface area contributed by atoms with Crippen molar-refractivity contribution in [3.05, 3.63) is 50.6 Å². The molecule has 0 radical (unpaired) electrons. The van der Waals surface area contributed by atoms with E-state index < -0.39 is 23.9 Å². The first-order valence-corrected chi connectivity index (χ1v) is 9.01. The van der Waals surface area contributed by atoms with Gasteiger partial charge >= 0.3 is 23.9 Å². The summed E-state index contributed by atoms with van der Waals surface area (Å²) in [4.78, 5) is 42.5. The third-order valence-electron chi connectivity index (χ3n) is 3.03. The Bertz CT molecular complexity index is 541. The van der Waals surface area contributed by atoms with Crippen LogP contribution in [-0.2, 0) is 38.1 Å². The highest BCUT2D eigenvalue weighted by atomic mass is 16.6. The van der Waals surface area contributed by atoms with Crippen molar-refractivity contribution >= 4 is 23.9 Å². The number of hydrogen-bond donors (Lipinski definition) is 0. The molecule has 162 valence electrons. The standard InChI is InChI=1S/C11H16O4.C10H14O4/c1-3-10(12)14-8-6-5-7-9-15-11(13)4-2;1-4-9(11)13-7-6-8(3)14-10(12)5-2/h3-4H,1-2,5-9H2;4-5,8H,1-2,6-7H2,3H3. The lowest BCUT2D eigenvalue weighted by atomic mass is 10.2. The second kappa shape index (κ2) is 19.6. The Kier molecular flexibility index (Phi) is 19.0. The Morgan fingerprint density at radius 1 is 0.655 bits per heavy atom. The van der Waals surface area contributed by atoms with Crippen LogP contribution in [0, 0.1) is 0 Å². The number of carbonyl (C=O) groups excluding carboxylic acids is 4. The van der Waals surface area contributed by atoms with Crippen molar-refractivity contribution in [1.29, 1.82) is 0 Å². The molecule has 0 saturated carbocycles. The zero-order valence-electron chi connectivity index (χ0n) is 16.9. The molecule has 0 rings (SSSR count). The molecule has 8 nitrogen and oxygen atoms in total. The summed E-state index contributed by atoms with van der Waals surface area (Å²) in [6.45, 7) is 15.7. The molecule has 8 heteroatoms. The molecule has 0 aliphatic carbocycles. The van der Waals surface area contributed by atoms with Crippen LogP contribution in [-0.4, -0.2) is 49.8 Å². The van der Waals surface area contributed by atoms with Gasteiger partial charge in [0, 0.05) is 30.7 Å². The molecule has 0 amide bonds. The first kappa shape index (κ1) is 28.1. The Morgan fingerprint density at radius 3 is 1.41 bits per heavy atom. The summed E-state index contributed by atoms with van der Waals surface area (Å²) < 4.78 is 19.1. The van der Waals surface area contributed by atoms with Gasteiger partial charge in [-0.2, -0.15) is 0 Å². The topological polar surface area (TPSA) is 105 Å². The first-order chi connectivity index (χ1) is 13.8. The van der Waals surface area contributed by atoms with Gasteiger partial charge in [-0.25, -0.2) is 19.2 Å². The van der Waals surface area contributed by atoms with E-state index in [1.807, 2.05) is 0 Å². The Labute approximate surface area is 171 Å². The highest BCUT2D eigenvalue weighted by Crippen LogP contribution is 1.99. The molecule has 0 aromatic carbocycles. The van der Waals surface area contributed by atoms with E-state index in [1.165, 1.54) is 0 Å². The van der Waals surface area contributed by atoms with Gasteiger partial charge in [-0.3, -0.25) is 0 Å². The highest BCUT2D eigenvalue weighted by molar-refractivity contribution is 5.82. The first-order valence-electron chi connectivity index (χ1n) is 9.01. The van der Waals surface area contributed by atoms with Crippen LogP contribution in [0.5, 0.6) is 0 Å². The van der Waals surface area contributed by atoms with E-state index in [0.717, 1.165) is 43.6 Å². The SMILES string of the molecule is C=CC(=O)OCCC(C)OC(=O)C=C.C=CC(=O)OCCCCCOC(=O)C=C. The lowest BCUT2D eigenvalue weighted by Gasteiger charge is -2.11. The molecule has 1 atom stereocenters. The van der Waals surface area contributed by atoms with Gasteiger partial charge in [0.05, 0.1) is 19.8 Å². The number of carbonyl (C=O) groups is 4. The summed E-state index contributed by atoms with van der Waals surface area (Å²) in [5.41, 5.74) is 0. The molecular formula is C21H30O8. The summed E-state index contributed by atoms with van der Waals surface area (Å²) in [5, 5.41) is 0. The van der Waals surface area contributed by atoms with Crippen LogP contribution in [0.2, 0.25) is 0 Å². The van der Waals surface area contributed by atoms with Crippen LogP contribution in [0.4, 0.5) is 0 Å². The maximum absolute atomic E-state index is 10.7. The number of esters is 4. The third kappa shape index (κ3) is 21.0. The van der Waals surface area contributed by atoms with Gasteiger partial charge in [0.25, 0.3) is 0 Å². The van der Waals surface area contributed by atoms with Crippen LogP contribution in [0.3, 0.4) is 0 Å². The van der Waals surface area contributed by atoms with Crippen molar-refractivity contribution in [2.45, 2.75) is 38.7 Å². The van der Waals surface area contributed by atoms with Crippen LogP contribution < -0.4 is 0 Å². The summed E-state index contributed by atoms with van der Waals surface area (Å²) in [5.74, 6) is -1.78. The minimum absolute atomic E-state index is 0.205. The second-order valence-electron chi connectivity index (χ2n) is 5.42. The molecule has 0 aliphatic rings. The van der Waals surface area contributed by atoms with E-state index in [0.29, 0.717) is 19.6 Å². The Morgan fingerprint density at radius 2 is 1.03 bits per heavy atom. The quantitative estimate of drug-likeness (QED) is 0.186. The average molecular weight is 410 g/mol. The second-order valence-corrected chi connectivity index (χ2v) is 5.42. The zero-order valence-corrected chi connectivity index (χ0v) is 16.9. The maximum atomic E-state index is 10.7. The van der Waals surface area contributed by atoms with E-state index in [9.17, 15) is 19.2 Å². The van der Waals surface area contributed by atoms with Crippen LogP contribution in [0.1, 0.15) is 32.6 Å². The van der Waals surface area contributed by atoms with E-state index in [4.69, 9.17) is 18.9 Å². The fourth-order valence-electron chi connectivity index (χ4n) is 1.53. The number of unbranched alkanes of at least 4 members (excludes halogenated alkanes) is 2. The fourth-order valence-corrected chi connectivity index (χ4v) is 1.53. The van der Waals surface area contributed by atoms with Crippen molar-refractivity contribution in [2.75, 3.05) is 19.8 Å². The summed E-state index contributed by atoms with van der Waals surface area (Å²) in [7, 11) is 0. The van der Waals surface area contributed by atoms with Crippen molar-refractivity contribution in [2.24, 2.45) is 0 Å². The minimum Gasteiger partial charge on any atom is -0.463 e. The molecular weight excluding hydrogens is 380 g/mol. The van der Waals surface area contributed by atoms with E-state index >= 15 is 0 Å². The molecule has 0 saturated heterocycles. The monoisotopic (exact) mass is 410 g/mol. The summed E-state index contributed by atoms with van der Waals surface area (Å²) in [6.07, 6.45) is 6.95. The van der Waals surface area contributed by atoms with Crippen LogP contribution in [0.15, 0.2) is 50.6 Å². The van der Waals surface area contributed by atoms with Crippen molar-refractivity contribution in [3.8, 4) is 0 Å². The van der Waals surface area contributed by atoms with Crippen molar-refractivity contribution in [1.82, 2.24) is 0 Å². The zero-order chi connectivity index (χ0) is 22.5. The summed E-state index contributed by atoms with van der Waals surface area (Å²) in [6, 6.07) is 0. The van der Waals surface area contributed by atoms with Gasteiger partial charge < -0.3 is 18.9 Å². The van der Waals surface area contributed by atoms with Crippen molar-refractivity contribution in [3.63, 3.8) is 0 Å². The fraction of sp³-hybridized carbons (Fsp3) is 0.429. The molecule has 1 unspecified atom stereocenters. The number of ether oxygens (including phenoxy) is 4. The smallest absolute Gasteiger partial charge is 0.330 e. The minimum atomic E-state index is -0.479. The lowest BCUT2D eigenvalue weighted by molar-refractivity contribution is -0.144. The van der Waals surface area contributed by atoms with Crippen LogP contribution >= 0.6 is 0 Å². The van der Waals surface area contributed by atoms with Gasteiger partial charge in [-0.1, -0.05) is 26.3 Å². The highest BCUT2D eigenvalue weighted by Gasteiger charge is 2.07. The molecule has 29 heavy (non-hydrogen) atoms. The van der Waals surface area contributed by atoms with Gasteiger partial charge in [0.1, 0.15) is 6.10 Å². The summed E-state index contributed by atoms with van der Waals surface area (Å²) >= 11 is 0. The molecule has 0 aromatic rings. The molecule has 0 aliphatic heterocycles. The average Bonchev–Trinajstić information content (AvgIpc) is 2.72. The molecule has 0 aromatic heterocycles. The lowest BCUT2D eigenvalue weighted by Crippen LogP contribution is -2.16.